The molecule has 3 heteroatoms. The second-order valence-electron chi connectivity index (χ2n) is 2.98. The van der Waals surface area contributed by atoms with Gasteiger partial charge < -0.3 is 10.2 Å². The summed E-state index contributed by atoms with van der Waals surface area (Å²) < 4.78 is 0. The molecule has 1 atom stereocenters. The van der Waals surface area contributed by atoms with E-state index < -0.39 is 0 Å². The number of urea groups is 1. The molecular weight excluding hydrogens is 164 g/mol. The van der Waals surface area contributed by atoms with E-state index in [0.29, 0.717) is 13.0 Å². The van der Waals surface area contributed by atoms with E-state index in [-0.39, 0.29) is 12.1 Å². The van der Waals surface area contributed by atoms with Gasteiger partial charge in [-0.25, -0.2) is 4.79 Å². The maximum Gasteiger partial charge on any atom is 0.317 e. The van der Waals surface area contributed by atoms with Gasteiger partial charge in [-0.1, -0.05) is 6.92 Å². The third-order valence-corrected chi connectivity index (χ3v) is 2.01. The first-order valence-electron chi connectivity index (χ1n) is 4.60. The smallest absolute Gasteiger partial charge is 0.317 e. The van der Waals surface area contributed by atoms with Crippen LogP contribution in [0.15, 0.2) is 0 Å². The van der Waals surface area contributed by atoms with Gasteiger partial charge in [-0.2, -0.15) is 0 Å². The highest BCUT2D eigenvalue weighted by Crippen LogP contribution is 1.97. The van der Waals surface area contributed by atoms with Crippen molar-refractivity contribution >= 4 is 6.03 Å². The Labute approximate surface area is 80.5 Å². The van der Waals surface area contributed by atoms with Crippen molar-refractivity contribution < 1.29 is 4.79 Å². The van der Waals surface area contributed by atoms with Gasteiger partial charge in [0, 0.05) is 26.1 Å². The number of nitrogens with one attached hydrogen (secondary N) is 1. The lowest BCUT2D eigenvalue weighted by Crippen LogP contribution is -2.42. The largest absolute Gasteiger partial charge is 0.334 e. The zero-order valence-corrected chi connectivity index (χ0v) is 8.63. The van der Waals surface area contributed by atoms with E-state index in [0.717, 1.165) is 6.42 Å². The van der Waals surface area contributed by atoms with E-state index in [2.05, 4.69) is 11.2 Å². The van der Waals surface area contributed by atoms with Crippen LogP contribution in [0.3, 0.4) is 0 Å². The van der Waals surface area contributed by atoms with Crippen molar-refractivity contribution in [3.05, 3.63) is 0 Å². The fourth-order valence-corrected chi connectivity index (χ4v) is 0.868. The summed E-state index contributed by atoms with van der Waals surface area (Å²) in [5.41, 5.74) is 0. The summed E-state index contributed by atoms with van der Waals surface area (Å²) in [6, 6.07) is 0.0519. The van der Waals surface area contributed by atoms with Gasteiger partial charge >= 0.3 is 6.03 Å². The Bertz CT molecular complexity index is 196. The van der Waals surface area contributed by atoms with Crippen molar-refractivity contribution in [3.8, 4) is 12.3 Å². The zero-order valence-electron chi connectivity index (χ0n) is 8.63. The Morgan fingerprint density at radius 2 is 2.23 bits per heavy atom. The van der Waals surface area contributed by atoms with E-state index in [9.17, 15) is 4.79 Å². The van der Waals surface area contributed by atoms with Gasteiger partial charge in [0.1, 0.15) is 0 Å². The minimum absolute atomic E-state index is 0.0513. The predicted molar refractivity (Wildman–Crippen MR) is 54.4 cm³/mol. The minimum Gasteiger partial charge on any atom is -0.334 e. The molecule has 0 saturated heterocycles. The van der Waals surface area contributed by atoms with Gasteiger partial charge in [0.2, 0.25) is 0 Å². The van der Waals surface area contributed by atoms with Crippen molar-refractivity contribution in [2.75, 3.05) is 13.6 Å². The molecule has 0 heterocycles. The first-order valence-corrected chi connectivity index (χ1v) is 4.60. The van der Waals surface area contributed by atoms with E-state index in [4.69, 9.17) is 6.42 Å². The number of amides is 2. The van der Waals surface area contributed by atoms with Crippen molar-refractivity contribution in [3.63, 3.8) is 0 Å². The minimum atomic E-state index is -0.0513. The lowest BCUT2D eigenvalue weighted by molar-refractivity contribution is 0.206. The summed E-state index contributed by atoms with van der Waals surface area (Å²) in [4.78, 5) is 13.0. The van der Waals surface area contributed by atoms with E-state index >= 15 is 0 Å². The maximum atomic E-state index is 11.4. The molecule has 0 rings (SSSR count). The summed E-state index contributed by atoms with van der Waals surface area (Å²) in [5, 5.41) is 2.86. The Kier molecular flexibility index (Phi) is 5.79. The van der Waals surface area contributed by atoms with Crippen molar-refractivity contribution in [1.29, 1.82) is 0 Å². The van der Waals surface area contributed by atoms with Crippen LogP contribution in [-0.2, 0) is 0 Å². The van der Waals surface area contributed by atoms with Gasteiger partial charge in [-0.15, -0.1) is 12.3 Å². The Balaban J connectivity index is 3.94. The molecule has 0 aromatic heterocycles. The number of hydrogen-bond acceptors (Lipinski definition) is 1. The topological polar surface area (TPSA) is 32.3 Å². The Morgan fingerprint density at radius 1 is 1.62 bits per heavy atom. The van der Waals surface area contributed by atoms with Gasteiger partial charge in [0.15, 0.2) is 0 Å². The van der Waals surface area contributed by atoms with Crippen LogP contribution < -0.4 is 5.32 Å². The van der Waals surface area contributed by atoms with Crippen LogP contribution in [0.5, 0.6) is 0 Å². The first-order chi connectivity index (χ1) is 6.15. The molecule has 2 amide bonds. The zero-order chi connectivity index (χ0) is 10.3. The molecule has 0 aliphatic rings. The van der Waals surface area contributed by atoms with Crippen LogP contribution in [0.4, 0.5) is 4.79 Å². The van der Waals surface area contributed by atoms with Gasteiger partial charge in [-0.3, -0.25) is 0 Å². The molecule has 0 bridgehead atoms. The van der Waals surface area contributed by atoms with Gasteiger partial charge in [-0.05, 0) is 13.3 Å². The van der Waals surface area contributed by atoms with E-state index in [1.807, 2.05) is 13.8 Å². The quantitative estimate of drug-likeness (QED) is 0.656. The molecule has 0 aliphatic carbocycles. The standard InChI is InChI=1S/C10H18N2O/c1-5-8-9(6-2)11-10(13)12(4)7-3/h1,9H,6-8H2,2-4H3,(H,11,13). The molecule has 3 nitrogen and oxygen atoms in total. The predicted octanol–water partition coefficient (Wildman–Crippen LogP) is 1.45. The fourth-order valence-electron chi connectivity index (χ4n) is 0.868. The second kappa shape index (κ2) is 6.36. The normalized spacial score (nSPS) is 11.5. The highest BCUT2D eigenvalue weighted by molar-refractivity contribution is 5.74. The molecule has 13 heavy (non-hydrogen) atoms. The first kappa shape index (κ1) is 11.8. The molecule has 0 spiro atoms. The molecule has 0 saturated carbocycles. The molecule has 0 radical (unpaired) electrons. The SMILES string of the molecule is C#CCC(CC)NC(=O)N(C)CC. The summed E-state index contributed by atoms with van der Waals surface area (Å²) >= 11 is 0. The van der Waals surface area contributed by atoms with Gasteiger partial charge in [0.25, 0.3) is 0 Å². The van der Waals surface area contributed by atoms with Crippen LogP contribution in [0, 0.1) is 12.3 Å². The number of terminal acetylenes is 1. The lowest BCUT2D eigenvalue weighted by atomic mass is 10.1. The third kappa shape index (κ3) is 4.41. The van der Waals surface area contributed by atoms with Crippen LogP contribution in [0.25, 0.3) is 0 Å². The van der Waals surface area contributed by atoms with Crippen LogP contribution in [-0.4, -0.2) is 30.6 Å². The maximum absolute atomic E-state index is 11.4. The molecule has 0 aromatic rings. The summed E-state index contributed by atoms with van der Waals surface area (Å²) in [7, 11) is 1.76. The highest BCUT2D eigenvalue weighted by Gasteiger charge is 2.11. The lowest BCUT2D eigenvalue weighted by Gasteiger charge is -2.20. The summed E-state index contributed by atoms with van der Waals surface area (Å²) in [6.07, 6.45) is 6.64. The molecular formula is C10H18N2O. The number of carbonyl (C=O) groups excluding carboxylic acids is 1. The average Bonchev–Trinajstić information content (AvgIpc) is 2.15. The Hall–Kier alpha value is -1.17. The van der Waals surface area contributed by atoms with Crippen molar-refractivity contribution in [1.82, 2.24) is 10.2 Å². The average molecular weight is 182 g/mol. The molecule has 1 unspecified atom stereocenters. The van der Waals surface area contributed by atoms with Crippen LogP contribution in [0.2, 0.25) is 0 Å². The summed E-state index contributed by atoms with van der Waals surface area (Å²) in [5.74, 6) is 2.55. The summed E-state index contributed by atoms with van der Waals surface area (Å²) in [6.45, 7) is 4.65. The van der Waals surface area contributed by atoms with Gasteiger partial charge in [0.05, 0.1) is 0 Å². The highest BCUT2D eigenvalue weighted by atomic mass is 16.2. The molecule has 1 N–H and O–H groups in total. The van der Waals surface area contributed by atoms with Crippen molar-refractivity contribution in [2.24, 2.45) is 0 Å². The third-order valence-electron chi connectivity index (χ3n) is 2.01. The van der Waals surface area contributed by atoms with E-state index in [1.54, 1.807) is 11.9 Å². The molecule has 0 fully saturated rings. The number of rotatable bonds is 4. The molecule has 74 valence electrons. The molecule has 0 aliphatic heterocycles. The second-order valence-corrected chi connectivity index (χ2v) is 2.98. The van der Waals surface area contributed by atoms with Crippen LogP contribution in [0.1, 0.15) is 26.7 Å². The van der Waals surface area contributed by atoms with Crippen LogP contribution >= 0.6 is 0 Å². The number of carbonyl (C=O) groups is 1. The Morgan fingerprint density at radius 3 is 2.62 bits per heavy atom. The monoisotopic (exact) mass is 182 g/mol. The fraction of sp³-hybridized carbons (Fsp3) is 0.700. The van der Waals surface area contributed by atoms with E-state index in [1.165, 1.54) is 0 Å². The van der Waals surface area contributed by atoms with Crippen molar-refractivity contribution in [2.45, 2.75) is 32.7 Å². The number of nitrogens with zero attached hydrogens (tertiary/aromatic N) is 1. The molecule has 0 aromatic carbocycles. The number of hydrogen-bond donors (Lipinski definition) is 1.